The molecular weight excluding hydrogens is 251 g/mol. The molecule has 6 nitrogen and oxygen atoms in total. The van der Waals surface area contributed by atoms with E-state index in [0.29, 0.717) is 0 Å². The number of carbonyl (C=O) groups is 1. The maximum absolute atomic E-state index is 13.1. The average molecular weight is 268 g/mol. The van der Waals surface area contributed by atoms with E-state index in [2.05, 4.69) is 10.3 Å². The number of nitrogens with two attached hydrogens (primary N) is 2. The van der Waals surface area contributed by atoms with Crippen molar-refractivity contribution >= 4 is 23.4 Å². The van der Waals surface area contributed by atoms with Crippen molar-refractivity contribution in [2.75, 3.05) is 5.73 Å². The molecule has 0 atom stereocenters. The van der Waals surface area contributed by atoms with Crippen LogP contribution in [0.4, 0.5) is 20.6 Å². The molecule has 1 aromatic rings. The molecule has 0 aliphatic carbocycles. The van der Waals surface area contributed by atoms with E-state index in [4.69, 9.17) is 16.2 Å². The number of anilines is 1. The number of benzene rings is 1. The van der Waals surface area contributed by atoms with Gasteiger partial charge in [-0.05, 0) is 39.0 Å². The number of hydrogen-bond donors (Lipinski definition) is 3. The molecule has 5 N–H and O–H groups in total. The topological polar surface area (TPSA) is 103 Å². The minimum atomic E-state index is -0.738. The third-order valence-electron chi connectivity index (χ3n) is 1.78. The Bertz CT molecular complexity index is 489. The summed E-state index contributed by atoms with van der Waals surface area (Å²) < 4.78 is 18.0. The maximum Gasteiger partial charge on any atom is 0.414 e. The van der Waals surface area contributed by atoms with Crippen LogP contribution in [0.5, 0.6) is 0 Å². The summed E-state index contributed by atoms with van der Waals surface area (Å²) in [7, 11) is 0. The molecule has 1 aromatic carbocycles. The predicted octanol–water partition coefficient (Wildman–Crippen LogP) is 1.88. The van der Waals surface area contributed by atoms with E-state index < -0.39 is 17.5 Å². The van der Waals surface area contributed by atoms with Crippen LogP contribution in [0, 0.1) is 5.82 Å². The Morgan fingerprint density at radius 1 is 1.37 bits per heavy atom. The van der Waals surface area contributed by atoms with Crippen LogP contribution in [0.3, 0.4) is 0 Å². The van der Waals surface area contributed by atoms with E-state index in [1.807, 2.05) is 0 Å². The molecule has 1 amide bonds. The summed E-state index contributed by atoms with van der Waals surface area (Å²) in [5.74, 6) is -0.747. The molecule has 19 heavy (non-hydrogen) atoms. The molecule has 104 valence electrons. The van der Waals surface area contributed by atoms with Crippen LogP contribution in [0.25, 0.3) is 0 Å². The lowest BCUT2D eigenvalue weighted by Crippen LogP contribution is -2.40. The fourth-order valence-corrected chi connectivity index (χ4v) is 1.24. The van der Waals surface area contributed by atoms with E-state index in [1.165, 1.54) is 6.07 Å². The molecule has 0 radical (unpaired) electrons. The zero-order valence-corrected chi connectivity index (χ0v) is 11.0. The Kier molecular flexibility index (Phi) is 4.31. The first-order valence-electron chi connectivity index (χ1n) is 5.56. The van der Waals surface area contributed by atoms with Gasteiger partial charge in [0.15, 0.2) is 0 Å². The van der Waals surface area contributed by atoms with Gasteiger partial charge in [-0.2, -0.15) is 0 Å². The van der Waals surface area contributed by atoms with E-state index in [-0.39, 0.29) is 17.3 Å². The standard InChI is InChI=1S/C12H17FN4O2/c1-12(2,3)19-11(18)17-10(15)16-9-5-7(13)4-8(14)6-9/h4-6H,14H2,1-3H3,(H3,15,16,17,18). The highest BCUT2D eigenvalue weighted by molar-refractivity contribution is 5.94. The molecule has 0 spiro atoms. The number of halogens is 1. The second-order valence-corrected chi connectivity index (χ2v) is 4.87. The first kappa shape index (κ1) is 14.7. The monoisotopic (exact) mass is 268 g/mol. The van der Waals surface area contributed by atoms with Crippen LogP contribution >= 0.6 is 0 Å². The smallest absolute Gasteiger partial charge is 0.414 e. The summed E-state index contributed by atoms with van der Waals surface area (Å²) in [6, 6.07) is 3.71. The largest absolute Gasteiger partial charge is 0.444 e. The van der Waals surface area contributed by atoms with Crippen molar-refractivity contribution in [3.63, 3.8) is 0 Å². The first-order valence-corrected chi connectivity index (χ1v) is 5.56. The number of aliphatic imine (C=N–C) groups is 1. The molecule has 0 saturated carbocycles. The number of ether oxygens (including phenoxy) is 1. The maximum atomic E-state index is 13.1. The molecule has 7 heteroatoms. The fraction of sp³-hybridized carbons (Fsp3) is 0.333. The Hall–Kier alpha value is -2.31. The van der Waals surface area contributed by atoms with Crippen LogP contribution in [0.2, 0.25) is 0 Å². The van der Waals surface area contributed by atoms with Crippen molar-refractivity contribution in [3.05, 3.63) is 24.0 Å². The van der Waals surface area contributed by atoms with Crippen molar-refractivity contribution in [2.24, 2.45) is 10.7 Å². The van der Waals surface area contributed by atoms with Gasteiger partial charge in [0.25, 0.3) is 0 Å². The molecule has 0 saturated heterocycles. The van der Waals surface area contributed by atoms with Crippen molar-refractivity contribution in [1.29, 1.82) is 0 Å². The zero-order valence-electron chi connectivity index (χ0n) is 11.0. The van der Waals surface area contributed by atoms with Crippen LogP contribution < -0.4 is 16.8 Å². The quantitative estimate of drug-likeness (QED) is 0.411. The first-order chi connectivity index (χ1) is 8.65. The van der Waals surface area contributed by atoms with E-state index in [1.54, 1.807) is 20.8 Å². The van der Waals surface area contributed by atoms with Crippen LogP contribution in [-0.4, -0.2) is 17.7 Å². The Balaban J connectivity index is 2.74. The molecule has 1 rings (SSSR count). The molecule has 0 fully saturated rings. The second kappa shape index (κ2) is 5.55. The van der Waals surface area contributed by atoms with E-state index in [0.717, 1.165) is 12.1 Å². The van der Waals surface area contributed by atoms with Crippen LogP contribution in [0.15, 0.2) is 23.2 Å². The summed E-state index contributed by atoms with van der Waals surface area (Å²) >= 11 is 0. The summed E-state index contributed by atoms with van der Waals surface area (Å²) in [4.78, 5) is 15.2. The lowest BCUT2D eigenvalue weighted by atomic mass is 10.2. The number of carbonyl (C=O) groups excluding carboxylic acids is 1. The predicted molar refractivity (Wildman–Crippen MR) is 71.5 cm³/mol. The molecule has 0 bridgehead atoms. The highest BCUT2D eigenvalue weighted by atomic mass is 19.1. The van der Waals surface area contributed by atoms with Gasteiger partial charge in [0.05, 0.1) is 5.69 Å². The highest BCUT2D eigenvalue weighted by Crippen LogP contribution is 2.18. The SMILES string of the molecule is CC(C)(C)OC(=O)NC(N)=Nc1cc(N)cc(F)c1. The van der Waals surface area contributed by atoms with Crippen molar-refractivity contribution in [3.8, 4) is 0 Å². The van der Waals surface area contributed by atoms with Crippen molar-refractivity contribution in [1.82, 2.24) is 5.32 Å². The number of nitrogen functional groups attached to an aromatic ring is 1. The van der Waals surface area contributed by atoms with Gasteiger partial charge in [-0.1, -0.05) is 0 Å². The van der Waals surface area contributed by atoms with Gasteiger partial charge in [-0.25, -0.2) is 14.2 Å². The summed E-state index contributed by atoms with van der Waals surface area (Å²) in [6.07, 6.45) is -0.738. The normalized spacial score (nSPS) is 12.1. The minimum absolute atomic E-state index is 0.200. The molecule has 0 unspecified atom stereocenters. The van der Waals surface area contributed by atoms with Gasteiger partial charge in [0, 0.05) is 5.69 Å². The summed E-state index contributed by atoms with van der Waals surface area (Å²) in [5, 5.41) is 2.23. The average Bonchev–Trinajstić information content (AvgIpc) is 2.10. The Labute approximate surface area is 110 Å². The highest BCUT2D eigenvalue weighted by Gasteiger charge is 2.16. The number of nitrogens with one attached hydrogen (secondary N) is 1. The van der Waals surface area contributed by atoms with Crippen molar-refractivity contribution in [2.45, 2.75) is 26.4 Å². The van der Waals surface area contributed by atoms with Gasteiger partial charge >= 0.3 is 6.09 Å². The number of rotatable bonds is 1. The van der Waals surface area contributed by atoms with Gasteiger partial charge in [0.1, 0.15) is 11.4 Å². The molecule has 0 aliphatic rings. The molecule has 0 aliphatic heterocycles. The summed E-state index contributed by atoms with van der Waals surface area (Å²) in [5.41, 5.74) is 10.7. The minimum Gasteiger partial charge on any atom is -0.444 e. The zero-order chi connectivity index (χ0) is 14.6. The lowest BCUT2D eigenvalue weighted by molar-refractivity contribution is 0.0562. The van der Waals surface area contributed by atoms with Crippen molar-refractivity contribution < 1.29 is 13.9 Å². The van der Waals surface area contributed by atoms with Gasteiger partial charge in [-0.3, -0.25) is 5.32 Å². The summed E-state index contributed by atoms with van der Waals surface area (Å²) in [6.45, 7) is 5.15. The Morgan fingerprint density at radius 3 is 2.53 bits per heavy atom. The van der Waals surface area contributed by atoms with Gasteiger partial charge in [-0.15, -0.1) is 0 Å². The number of guanidine groups is 1. The lowest BCUT2D eigenvalue weighted by Gasteiger charge is -2.19. The van der Waals surface area contributed by atoms with Crippen LogP contribution in [-0.2, 0) is 4.74 Å². The third kappa shape index (κ3) is 5.71. The molecule has 0 aromatic heterocycles. The van der Waals surface area contributed by atoms with E-state index >= 15 is 0 Å². The molecule has 0 heterocycles. The fourth-order valence-electron chi connectivity index (χ4n) is 1.24. The number of amides is 1. The Morgan fingerprint density at radius 2 is 2.00 bits per heavy atom. The number of nitrogens with zero attached hydrogens (tertiary/aromatic N) is 1. The number of hydrogen-bond acceptors (Lipinski definition) is 4. The number of alkyl carbamates (subject to hydrolysis) is 1. The van der Waals surface area contributed by atoms with Gasteiger partial charge in [0.2, 0.25) is 5.96 Å². The third-order valence-corrected chi connectivity index (χ3v) is 1.78. The van der Waals surface area contributed by atoms with E-state index in [9.17, 15) is 9.18 Å². The molecular formula is C12H17FN4O2. The second-order valence-electron chi connectivity index (χ2n) is 4.87. The van der Waals surface area contributed by atoms with Gasteiger partial charge < -0.3 is 16.2 Å². The van der Waals surface area contributed by atoms with Crippen LogP contribution in [0.1, 0.15) is 20.8 Å².